The number of quaternary nitrogens is 1. The molecule has 0 bridgehead atoms. The number of rotatable bonds is 6. The number of aliphatic carboxylic acids is 1. The van der Waals surface area contributed by atoms with Crippen molar-refractivity contribution in [2.75, 3.05) is 27.7 Å². The first-order valence-electron chi connectivity index (χ1n) is 5.34. The van der Waals surface area contributed by atoms with Crippen LogP contribution in [0.4, 0.5) is 0 Å². The molecule has 0 fully saturated rings. The SMILES string of the molecule is CC(C)CC(=O)O[C@H](C[N+](C)(C)C)C(=O)O. The molecule has 0 aliphatic heterocycles. The second-order valence-corrected chi connectivity index (χ2v) is 5.39. The third-order valence-electron chi connectivity index (χ3n) is 1.84. The molecule has 0 saturated carbocycles. The Morgan fingerprint density at radius 1 is 1.25 bits per heavy atom. The average Bonchev–Trinajstić information content (AvgIpc) is 1.97. The van der Waals surface area contributed by atoms with Crippen LogP contribution in [0.15, 0.2) is 0 Å². The maximum atomic E-state index is 11.4. The highest BCUT2D eigenvalue weighted by atomic mass is 16.6. The Morgan fingerprint density at radius 2 is 1.75 bits per heavy atom. The number of hydrogen-bond donors (Lipinski definition) is 1. The minimum atomic E-state index is -1.09. The van der Waals surface area contributed by atoms with Crippen LogP contribution in [0.2, 0.25) is 0 Å². The van der Waals surface area contributed by atoms with E-state index in [1.807, 2.05) is 35.0 Å². The molecule has 0 heterocycles. The quantitative estimate of drug-likeness (QED) is 0.542. The predicted octanol–water partition coefficient (Wildman–Crippen LogP) is 0.735. The maximum Gasteiger partial charge on any atom is 0.351 e. The predicted molar refractivity (Wildman–Crippen MR) is 59.9 cm³/mol. The molecule has 0 aromatic rings. The third-order valence-corrected chi connectivity index (χ3v) is 1.84. The van der Waals surface area contributed by atoms with Crippen LogP contribution in [0.3, 0.4) is 0 Å². The van der Waals surface area contributed by atoms with Crippen LogP contribution in [0.25, 0.3) is 0 Å². The number of hydrogen-bond acceptors (Lipinski definition) is 3. The van der Waals surface area contributed by atoms with Crippen molar-refractivity contribution in [2.45, 2.75) is 26.4 Å². The Hall–Kier alpha value is -1.10. The molecule has 0 rings (SSSR count). The highest BCUT2D eigenvalue weighted by molar-refractivity contribution is 5.78. The topological polar surface area (TPSA) is 63.6 Å². The molecule has 16 heavy (non-hydrogen) atoms. The summed E-state index contributed by atoms with van der Waals surface area (Å²) in [4.78, 5) is 22.3. The molecule has 0 unspecified atom stereocenters. The lowest BCUT2D eigenvalue weighted by Gasteiger charge is -2.27. The smallest absolute Gasteiger partial charge is 0.351 e. The fourth-order valence-corrected chi connectivity index (χ4v) is 1.20. The summed E-state index contributed by atoms with van der Waals surface area (Å²) in [6.07, 6.45) is -0.813. The Labute approximate surface area is 96.6 Å². The normalized spacial score (nSPS) is 13.6. The van der Waals surface area contributed by atoms with Crippen LogP contribution >= 0.6 is 0 Å². The Morgan fingerprint density at radius 3 is 2.06 bits per heavy atom. The number of carbonyl (C=O) groups excluding carboxylic acids is 1. The van der Waals surface area contributed by atoms with Crippen LogP contribution in [-0.2, 0) is 14.3 Å². The van der Waals surface area contributed by atoms with E-state index in [0.717, 1.165) is 0 Å². The van der Waals surface area contributed by atoms with Crippen molar-refractivity contribution in [3.63, 3.8) is 0 Å². The molecule has 0 aliphatic carbocycles. The van der Waals surface area contributed by atoms with Gasteiger partial charge in [-0.15, -0.1) is 0 Å². The Bertz CT molecular complexity index is 255. The largest absolute Gasteiger partial charge is 0.478 e. The van der Waals surface area contributed by atoms with E-state index in [-0.39, 0.29) is 18.9 Å². The Balaban J connectivity index is 4.35. The molecule has 0 radical (unpaired) electrons. The summed E-state index contributed by atoms with van der Waals surface area (Å²) >= 11 is 0. The minimum Gasteiger partial charge on any atom is -0.478 e. The molecule has 5 heteroatoms. The van der Waals surface area contributed by atoms with Gasteiger partial charge in [0, 0.05) is 6.42 Å². The molecule has 0 saturated heterocycles. The van der Waals surface area contributed by atoms with Gasteiger partial charge < -0.3 is 14.3 Å². The molecular weight excluding hydrogens is 210 g/mol. The second-order valence-electron chi connectivity index (χ2n) is 5.39. The van der Waals surface area contributed by atoms with E-state index in [1.54, 1.807) is 0 Å². The molecule has 0 aromatic carbocycles. The molecular formula is C11H22NO4+. The average molecular weight is 232 g/mol. The van der Waals surface area contributed by atoms with Crippen molar-refractivity contribution in [2.24, 2.45) is 5.92 Å². The number of carboxylic acids is 1. The lowest BCUT2D eigenvalue weighted by Crippen LogP contribution is -2.46. The fraction of sp³-hybridized carbons (Fsp3) is 0.818. The minimum absolute atomic E-state index is 0.172. The zero-order valence-corrected chi connectivity index (χ0v) is 10.7. The number of likely N-dealkylation sites (N-methyl/N-ethyl adjacent to an activating group) is 1. The first-order chi connectivity index (χ1) is 7.11. The Kier molecular flexibility index (Phi) is 5.44. The number of esters is 1. The van der Waals surface area contributed by atoms with E-state index in [2.05, 4.69) is 0 Å². The van der Waals surface area contributed by atoms with Gasteiger partial charge in [0.25, 0.3) is 0 Å². The summed E-state index contributed by atoms with van der Waals surface area (Å²) < 4.78 is 5.38. The van der Waals surface area contributed by atoms with Crippen molar-refractivity contribution >= 4 is 11.9 Å². The molecule has 0 spiro atoms. The first-order valence-corrected chi connectivity index (χ1v) is 5.34. The summed E-state index contributed by atoms with van der Waals surface area (Å²) in [6.45, 7) is 4.03. The first kappa shape index (κ1) is 14.9. The number of carboxylic acid groups (broad SMARTS) is 1. The molecule has 0 amide bonds. The van der Waals surface area contributed by atoms with Gasteiger partial charge in [0.05, 0.1) is 21.1 Å². The van der Waals surface area contributed by atoms with Crippen LogP contribution in [0.5, 0.6) is 0 Å². The van der Waals surface area contributed by atoms with Gasteiger partial charge in [0.1, 0.15) is 6.54 Å². The molecule has 1 atom stereocenters. The second kappa shape index (κ2) is 5.84. The highest BCUT2D eigenvalue weighted by Gasteiger charge is 2.28. The molecule has 0 aromatic heterocycles. The standard InChI is InChI=1S/C11H21NO4/c1-8(2)6-10(13)16-9(11(14)15)7-12(3,4)5/h8-9H,6-7H2,1-5H3/p+1/t9-/m1/s1. The van der Waals surface area contributed by atoms with E-state index in [0.29, 0.717) is 4.48 Å². The number of ether oxygens (including phenoxy) is 1. The van der Waals surface area contributed by atoms with Gasteiger partial charge in [0.15, 0.2) is 0 Å². The van der Waals surface area contributed by atoms with Gasteiger partial charge in [-0.25, -0.2) is 4.79 Å². The van der Waals surface area contributed by atoms with Crippen LogP contribution in [-0.4, -0.2) is 55.3 Å². The third kappa shape index (κ3) is 7.23. The van der Waals surface area contributed by atoms with Crippen molar-refractivity contribution in [1.82, 2.24) is 0 Å². The lowest BCUT2D eigenvalue weighted by molar-refractivity contribution is -0.872. The van der Waals surface area contributed by atoms with Gasteiger partial charge >= 0.3 is 11.9 Å². The summed E-state index contributed by atoms with van der Waals surface area (Å²) in [5, 5.41) is 8.93. The van der Waals surface area contributed by atoms with E-state index in [9.17, 15) is 9.59 Å². The summed E-state index contributed by atoms with van der Waals surface area (Å²) in [5.74, 6) is -1.37. The van der Waals surface area contributed by atoms with Crippen LogP contribution < -0.4 is 0 Å². The van der Waals surface area contributed by atoms with Gasteiger partial charge in [-0.1, -0.05) is 13.8 Å². The summed E-state index contributed by atoms with van der Waals surface area (Å²) in [7, 11) is 5.56. The molecule has 5 nitrogen and oxygen atoms in total. The van der Waals surface area contributed by atoms with Crippen molar-refractivity contribution in [3.05, 3.63) is 0 Å². The highest BCUT2D eigenvalue weighted by Crippen LogP contribution is 2.06. The number of nitrogens with zero attached hydrogens (tertiary/aromatic N) is 1. The van der Waals surface area contributed by atoms with Gasteiger partial charge in [-0.2, -0.15) is 0 Å². The van der Waals surface area contributed by atoms with Gasteiger partial charge in [-0.05, 0) is 5.92 Å². The fourth-order valence-electron chi connectivity index (χ4n) is 1.20. The van der Waals surface area contributed by atoms with E-state index in [1.165, 1.54) is 0 Å². The molecule has 1 N–H and O–H groups in total. The van der Waals surface area contributed by atoms with Crippen molar-refractivity contribution in [3.8, 4) is 0 Å². The van der Waals surface area contributed by atoms with Gasteiger partial charge in [0.2, 0.25) is 6.10 Å². The summed E-state index contributed by atoms with van der Waals surface area (Å²) in [6, 6.07) is 0. The van der Waals surface area contributed by atoms with Crippen molar-refractivity contribution < 1.29 is 23.9 Å². The van der Waals surface area contributed by atoms with E-state index >= 15 is 0 Å². The van der Waals surface area contributed by atoms with Crippen LogP contribution in [0, 0.1) is 5.92 Å². The molecule has 0 aliphatic rings. The van der Waals surface area contributed by atoms with Crippen LogP contribution in [0.1, 0.15) is 20.3 Å². The van der Waals surface area contributed by atoms with E-state index < -0.39 is 18.0 Å². The molecule has 94 valence electrons. The van der Waals surface area contributed by atoms with E-state index in [4.69, 9.17) is 9.84 Å². The van der Waals surface area contributed by atoms with Gasteiger partial charge in [-0.3, -0.25) is 4.79 Å². The monoisotopic (exact) mass is 232 g/mol. The van der Waals surface area contributed by atoms with Crippen molar-refractivity contribution in [1.29, 1.82) is 0 Å². The maximum absolute atomic E-state index is 11.4. The lowest BCUT2D eigenvalue weighted by atomic mass is 10.1. The zero-order chi connectivity index (χ0) is 12.9. The number of carbonyl (C=O) groups is 2. The summed E-state index contributed by atoms with van der Waals surface area (Å²) in [5.41, 5.74) is 0. The zero-order valence-electron chi connectivity index (χ0n) is 10.7.